The van der Waals surface area contributed by atoms with Crippen molar-refractivity contribution in [3.05, 3.63) is 23.2 Å². The van der Waals surface area contributed by atoms with E-state index in [1.807, 2.05) is 13.8 Å². The van der Waals surface area contributed by atoms with Crippen molar-refractivity contribution in [2.24, 2.45) is 0 Å². The molecule has 0 N–H and O–H groups in total. The molecule has 0 fully saturated rings. The Hall–Kier alpha value is -2.25. The number of hydrogen-bond donors (Lipinski definition) is 0. The highest BCUT2D eigenvalue weighted by Crippen LogP contribution is 2.10. The van der Waals surface area contributed by atoms with E-state index in [1.54, 1.807) is 6.92 Å². The van der Waals surface area contributed by atoms with Crippen molar-refractivity contribution < 1.29 is 13.9 Å². The minimum atomic E-state index is -0.567. The van der Waals surface area contributed by atoms with Crippen molar-refractivity contribution >= 4 is 5.97 Å². The van der Waals surface area contributed by atoms with E-state index in [4.69, 9.17) is 9.15 Å². The lowest BCUT2D eigenvalue weighted by atomic mass is 10.4. The van der Waals surface area contributed by atoms with Gasteiger partial charge in [-0.25, -0.2) is 14.5 Å². The number of hydrogen-bond acceptors (Lipinski definition) is 7. The van der Waals surface area contributed by atoms with E-state index in [9.17, 15) is 4.79 Å². The third kappa shape index (κ3) is 2.36. The van der Waals surface area contributed by atoms with Crippen molar-refractivity contribution in [3.8, 4) is 0 Å². The lowest BCUT2D eigenvalue weighted by Gasteiger charge is -2.01. The van der Waals surface area contributed by atoms with Crippen LogP contribution in [0.2, 0.25) is 0 Å². The molecule has 2 aromatic heterocycles. The van der Waals surface area contributed by atoms with E-state index < -0.39 is 5.97 Å². The topological polar surface area (TPSA) is 95.9 Å². The van der Waals surface area contributed by atoms with Crippen LogP contribution in [0, 0.1) is 13.8 Å². The molecule has 8 nitrogen and oxygen atoms in total. The molecule has 0 unspecified atom stereocenters. The van der Waals surface area contributed by atoms with Crippen LogP contribution < -0.4 is 0 Å². The van der Waals surface area contributed by atoms with Gasteiger partial charge < -0.3 is 9.15 Å². The Balaban J connectivity index is 2.19. The summed E-state index contributed by atoms with van der Waals surface area (Å²) in [5.41, 5.74) is 0.802. The quantitative estimate of drug-likeness (QED) is 0.730. The third-order valence-corrected chi connectivity index (χ3v) is 2.35. The van der Waals surface area contributed by atoms with Gasteiger partial charge in [-0.3, -0.25) is 0 Å². The standard InChI is InChI=1S/C10H13N5O3/c1-4-17-10(16)9-12-13-14-15(9)5-8-11-6(2)7(3)18-8/h4-5H2,1-3H3. The number of rotatable bonds is 4. The molecular weight excluding hydrogens is 238 g/mol. The molecule has 0 aliphatic carbocycles. The van der Waals surface area contributed by atoms with E-state index in [-0.39, 0.29) is 19.0 Å². The molecule has 0 aliphatic rings. The van der Waals surface area contributed by atoms with Crippen LogP contribution in [-0.2, 0) is 11.3 Å². The van der Waals surface area contributed by atoms with Crippen molar-refractivity contribution in [2.45, 2.75) is 27.3 Å². The zero-order valence-electron chi connectivity index (χ0n) is 10.4. The Morgan fingerprint density at radius 3 is 2.83 bits per heavy atom. The number of nitrogens with zero attached hydrogens (tertiary/aromatic N) is 5. The summed E-state index contributed by atoms with van der Waals surface area (Å²) in [7, 11) is 0. The van der Waals surface area contributed by atoms with Crippen molar-refractivity contribution in [2.75, 3.05) is 6.61 Å². The molecule has 96 valence electrons. The zero-order chi connectivity index (χ0) is 13.1. The van der Waals surface area contributed by atoms with Gasteiger partial charge in [-0.05, 0) is 31.2 Å². The lowest BCUT2D eigenvalue weighted by Crippen LogP contribution is -2.15. The fourth-order valence-corrected chi connectivity index (χ4v) is 1.39. The number of aromatic nitrogens is 5. The number of esters is 1. The molecule has 0 saturated carbocycles. The van der Waals surface area contributed by atoms with Crippen molar-refractivity contribution in [1.82, 2.24) is 25.2 Å². The Morgan fingerprint density at radius 2 is 2.22 bits per heavy atom. The van der Waals surface area contributed by atoms with E-state index in [0.29, 0.717) is 5.89 Å². The van der Waals surface area contributed by atoms with Crippen LogP contribution in [0.15, 0.2) is 4.42 Å². The molecule has 2 rings (SSSR count). The Morgan fingerprint density at radius 1 is 1.44 bits per heavy atom. The lowest BCUT2D eigenvalue weighted by molar-refractivity contribution is 0.0504. The molecular formula is C10H13N5O3. The van der Waals surface area contributed by atoms with Crippen LogP contribution in [0.5, 0.6) is 0 Å². The van der Waals surface area contributed by atoms with Gasteiger partial charge in [0, 0.05) is 0 Å². The summed E-state index contributed by atoms with van der Waals surface area (Å²) in [4.78, 5) is 15.7. The molecule has 0 atom stereocenters. The Bertz CT molecular complexity index is 540. The molecule has 0 saturated heterocycles. The van der Waals surface area contributed by atoms with E-state index in [2.05, 4.69) is 20.5 Å². The van der Waals surface area contributed by atoms with Gasteiger partial charge in [0.2, 0.25) is 5.89 Å². The Kier molecular flexibility index (Phi) is 3.35. The molecule has 0 aromatic carbocycles. The van der Waals surface area contributed by atoms with Crippen LogP contribution in [-0.4, -0.2) is 37.8 Å². The number of ether oxygens (including phenoxy) is 1. The van der Waals surface area contributed by atoms with Gasteiger partial charge >= 0.3 is 5.97 Å². The smallest absolute Gasteiger partial charge is 0.378 e. The SMILES string of the molecule is CCOC(=O)c1nnnn1Cc1nc(C)c(C)o1. The average molecular weight is 251 g/mol. The van der Waals surface area contributed by atoms with Gasteiger partial charge in [0.25, 0.3) is 5.82 Å². The maximum absolute atomic E-state index is 11.6. The summed E-state index contributed by atoms with van der Waals surface area (Å²) in [5, 5.41) is 10.8. The average Bonchev–Trinajstić information content (AvgIpc) is 2.88. The first kappa shape index (κ1) is 12.2. The van der Waals surface area contributed by atoms with Crippen LogP contribution in [0.3, 0.4) is 0 Å². The van der Waals surface area contributed by atoms with Gasteiger partial charge in [0.05, 0.1) is 12.3 Å². The first-order valence-corrected chi connectivity index (χ1v) is 5.48. The highest BCUT2D eigenvalue weighted by atomic mass is 16.5. The number of aryl methyl sites for hydroxylation is 2. The normalized spacial score (nSPS) is 10.6. The van der Waals surface area contributed by atoms with E-state index in [1.165, 1.54) is 4.68 Å². The molecule has 0 spiro atoms. The fourth-order valence-electron chi connectivity index (χ4n) is 1.39. The fraction of sp³-hybridized carbons (Fsp3) is 0.500. The summed E-state index contributed by atoms with van der Waals surface area (Å²) >= 11 is 0. The third-order valence-electron chi connectivity index (χ3n) is 2.35. The zero-order valence-corrected chi connectivity index (χ0v) is 10.4. The molecule has 2 aromatic rings. The minimum Gasteiger partial charge on any atom is -0.460 e. The predicted octanol–water partition coefficient (Wildman–Crippen LogP) is 0.503. The molecule has 0 aliphatic heterocycles. The largest absolute Gasteiger partial charge is 0.460 e. The monoisotopic (exact) mass is 251 g/mol. The van der Waals surface area contributed by atoms with Crippen LogP contribution in [0.1, 0.15) is 34.9 Å². The second-order valence-corrected chi connectivity index (χ2v) is 3.63. The molecule has 0 amide bonds. The maximum Gasteiger partial charge on any atom is 0.378 e. The molecule has 18 heavy (non-hydrogen) atoms. The summed E-state index contributed by atoms with van der Waals surface area (Å²) < 4.78 is 11.5. The second-order valence-electron chi connectivity index (χ2n) is 3.63. The molecule has 0 bridgehead atoms. The van der Waals surface area contributed by atoms with E-state index in [0.717, 1.165) is 11.5 Å². The van der Waals surface area contributed by atoms with Crippen molar-refractivity contribution in [1.29, 1.82) is 0 Å². The van der Waals surface area contributed by atoms with Gasteiger partial charge in [0.15, 0.2) is 0 Å². The van der Waals surface area contributed by atoms with Gasteiger partial charge in [-0.15, -0.1) is 5.10 Å². The van der Waals surface area contributed by atoms with Crippen LogP contribution >= 0.6 is 0 Å². The van der Waals surface area contributed by atoms with Gasteiger partial charge in [0.1, 0.15) is 12.3 Å². The summed E-state index contributed by atoms with van der Waals surface area (Å²) in [6.45, 7) is 5.83. The molecule has 2 heterocycles. The predicted molar refractivity (Wildman–Crippen MR) is 58.9 cm³/mol. The molecule has 8 heteroatoms. The number of carbonyl (C=O) groups excluding carboxylic acids is 1. The number of tetrazole rings is 1. The second kappa shape index (κ2) is 4.94. The first-order chi connectivity index (χ1) is 8.61. The van der Waals surface area contributed by atoms with Crippen LogP contribution in [0.25, 0.3) is 0 Å². The number of carbonyl (C=O) groups is 1. The molecule has 0 radical (unpaired) electrons. The van der Waals surface area contributed by atoms with Gasteiger partial charge in [-0.1, -0.05) is 0 Å². The highest BCUT2D eigenvalue weighted by Gasteiger charge is 2.18. The van der Waals surface area contributed by atoms with Gasteiger partial charge in [-0.2, -0.15) is 0 Å². The van der Waals surface area contributed by atoms with Crippen molar-refractivity contribution in [3.63, 3.8) is 0 Å². The summed E-state index contributed by atoms with van der Waals surface area (Å²) in [6, 6.07) is 0. The van der Waals surface area contributed by atoms with Crippen LogP contribution in [0.4, 0.5) is 0 Å². The number of oxazole rings is 1. The minimum absolute atomic E-state index is 0.0327. The summed E-state index contributed by atoms with van der Waals surface area (Å²) in [5.74, 6) is 0.645. The van der Waals surface area contributed by atoms with E-state index >= 15 is 0 Å². The maximum atomic E-state index is 11.6. The summed E-state index contributed by atoms with van der Waals surface area (Å²) in [6.07, 6.45) is 0. The first-order valence-electron chi connectivity index (χ1n) is 5.48. The highest BCUT2D eigenvalue weighted by molar-refractivity contribution is 5.85. The Labute approximate surface area is 103 Å².